The molecule has 0 unspecified atom stereocenters. The molecular weight excluding hydrogens is 373 g/mol. The summed E-state index contributed by atoms with van der Waals surface area (Å²) >= 11 is 0. The van der Waals surface area contributed by atoms with E-state index in [1.54, 1.807) is 24.1 Å². The average molecular weight is 403 g/mol. The minimum Gasteiger partial charge on any atom is -0.497 e. The molecule has 3 fully saturated rings. The molecule has 6 nitrogen and oxygen atoms in total. The van der Waals surface area contributed by atoms with Crippen LogP contribution >= 0.6 is 0 Å². The molecule has 4 rings (SSSR count). The highest BCUT2D eigenvalue weighted by molar-refractivity contribution is 5.86. The van der Waals surface area contributed by atoms with Gasteiger partial charge in [-0.3, -0.25) is 14.5 Å². The molecule has 1 aromatic carbocycles. The van der Waals surface area contributed by atoms with Gasteiger partial charge in [0.1, 0.15) is 11.6 Å². The summed E-state index contributed by atoms with van der Waals surface area (Å²) in [7, 11) is 1.55. The van der Waals surface area contributed by atoms with Crippen molar-refractivity contribution in [2.45, 2.75) is 38.6 Å². The number of ether oxygens (including phenoxy) is 1. The molecule has 0 aliphatic carbocycles. The van der Waals surface area contributed by atoms with Crippen molar-refractivity contribution in [1.82, 2.24) is 14.7 Å². The summed E-state index contributed by atoms with van der Waals surface area (Å²) < 4.78 is 19.5. The predicted molar refractivity (Wildman–Crippen MR) is 107 cm³/mol. The first-order valence-corrected chi connectivity index (χ1v) is 10.6. The van der Waals surface area contributed by atoms with Gasteiger partial charge in [0, 0.05) is 31.7 Å². The molecular formula is C22H30FN3O3. The van der Waals surface area contributed by atoms with E-state index < -0.39 is 5.41 Å². The van der Waals surface area contributed by atoms with Crippen LogP contribution in [0.4, 0.5) is 4.39 Å². The van der Waals surface area contributed by atoms with Crippen molar-refractivity contribution in [3.05, 3.63) is 29.6 Å². The fourth-order valence-electron chi connectivity index (χ4n) is 5.00. The van der Waals surface area contributed by atoms with Crippen molar-refractivity contribution in [2.75, 3.05) is 46.4 Å². The molecule has 7 heteroatoms. The molecule has 3 aliphatic heterocycles. The van der Waals surface area contributed by atoms with Crippen LogP contribution in [0.5, 0.6) is 5.75 Å². The number of carbonyl (C=O) groups excluding carboxylic acids is 2. The topological polar surface area (TPSA) is 53.1 Å². The number of amides is 2. The lowest BCUT2D eigenvalue weighted by Crippen LogP contribution is -2.50. The molecule has 1 atom stereocenters. The fraction of sp³-hybridized carbons (Fsp3) is 0.636. The van der Waals surface area contributed by atoms with Gasteiger partial charge in [0.2, 0.25) is 11.8 Å². The lowest BCUT2D eigenvalue weighted by molar-refractivity contribution is -0.147. The van der Waals surface area contributed by atoms with E-state index in [9.17, 15) is 14.0 Å². The third-order valence-corrected chi connectivity index (χ3v) is 6.70. The van der Waals surface area contributed by atoms with Gasteiger partial charge in [0.15, 0.2) is 0 Å². The molecule has 2 amide bonds. The average Bonchev–Trinajstić information content (AvgIpc) is 3.38. The van der Waals surface area contributed by atoms with Gasteiger partial charge in [-0.1, -0.05) is 0 Å². The van der Waals surface area contributed by atoms with Gasteiger partial charge in [-0.2, -0.15) is 0 Å². The second kappa shape index (κ2) is 8.30. The highest BCUT2D eigenvalue weighted by Gasteiger charge is 2.49. The Bertz CT molecular complexity index is 781. The monoisotopic (exact) mass is 403 g/mol. The smallest absolute Gasteiger partial charge is 0.236 e. The van der Waals surface area contributed by atoms with Gasteiger partial charge in [-0.25, -0.2) is 4.39 Å². The lowest BCUT2D eigenvalue weighted by Gasteiger charge is -2.39. The highest BCUT2D eigenvalue weighted by Crippen LogP contribution is 2.40. The zero-order valence-corrected chi connectivity index (χ0v) is 17.2. The fourth-order valence-corrected chi connectivity index (χ4v) is 5.00. The Morgan fingerprint density at radius 2 is 1.93 bits per heavy atom. The quantitative estimate of drug-likeness (QED) is 0.757. The molecule has 0 saturated carbocycles. The van der Waals surface area contributed by atoms with Gasteiger partial charge in [0.05, 0.1) is 19.1 Å². The minimum absolute atomic E-state index is 0.0578. The van der Waals surface area contributed by atoms with Crippen LogP contribution in [0.3, 0.4) is 0 Å². The van der Waals surface area contributed by atoms with E-state index in [4.69, 9.17) is 4.74 Å². The number of methoxy groups -OCH3 is 1. The van der Waals surface area contributed by atoms with E-state index in [0.29, 0.717) is 43.9 Å². The second-order valence-corrected chi connectivity index (χ2v) is 8.62. The Balaban J connectivity index is 1.42. The second-order valence-electron chi connectivity index (χ2n) is 8.62. The number of nitrogens with zero attached hydrogens (tertiary/aromatic N) is 3. The van der Waals surface area contributed by atoms with E-state index in [2.05, 4.69) is 4.90 Å². The number of benzene rings is 1. The molecule has 158 valence electrons. The van der Waals surface area contributed by atoms with Gasteiger partial charge >= 0.3 is 0 Å². The Morgan fingerprint density at radius 1 is 1.14 bits per heavy atom. The number of rotatable bonds is 5. The zero-order valence-electron chi connectivity index (χ0n) is 17.2. The van der Waals surface area contributed by atoms with Crippen molar-refractivity contribution < 1.29 is 18.7 Å². The van der Waals surface area contributed by atoms with E-state index >= 15 is 0 Å². The van der Waals surface area contributed by atoms with Crippen LogP contribution in [0.2, 0.25) is 0 Å². The van der Waals surface area contributed by atoms with Gasteiger partial charge < -0.3 is 14.5 Å². The van der Waals surface area contributed by atoms with E-state index in [0.717, 1.165) is 38.8 Å². The zero-order chi connectivity index (χ0) is 20.4. The summed E-state index contributed by atoms with van der Waals surface area (Å²) in [6, 6.07) is 4.62. The molecule has 3 heterocycles. The van der Waals surface area contributed by atoms with Gasteiger partial charge in [0.25, 0.3) is 0 Å². The van der Waals surface area contributed by atoms with E-state index in [1.807, 2.05) is 4.90 Å². The van der Waals surface area contributed by atoms with Crippen molar-refractivity contribution in [3.63, 3.8) is 0 Å². The molecule has 3 aliphatic rings. The van der Waals surface area contributed by atoms with E-state index in [1.165, 1.54) is 6.07 Å². The predicted octanol–water partition coefficient (Wildman–Crippen LogP) is 2.27. The van der Waals surface area contributed by atoms with Crippen LogP contribution in [0.25, 0.3) is 0 Å². The summed E-state index contributed by atoms with van der Waals surface area (Å²) in [6.45, 7) is 4.44. The Kier molecular flexibility index (Phi) is 5.76. The van der Waals surface area contributed by atoms with Crippen molar-refractivity contribution in [2.24, 2.45) is 5.41 Å². The standard InChI is InChI=1S/C22H30FN3O3/c1-29-18-5-6-19(23)17(13-18)14-25-11-4-7-22(21(25)28)8-12-26(16-22)20(27)15-24-9-2-3-10-24/h5-6,13H,2-4,7-12,14-16H2,1H3/t22-/m0/s1. The molecule has 1 spiro atoms. The highest BCUT2D eigenvalue weighted by atomic mass is 19.1. The third kappa shape index (κ3) is 4.10. The maximum Gasteiger partial charge on any atom is 0.236 e. The van der Waals surface area contributed by atoms with Crippen molar-refractivity contribution in [3.8, 4) is 5.75 Å². The first kappa shape index (κ1) is 20.1. The van der Waals surface area contributed by atoms with Crippen molar-refractivity contribution >= 4 is 11.8 Å². The SMILES string of the molecule is COc1ccc(F)c(CN2CCC[C@@]3(CCN(C(=O)CN4CCCC4)C3)C2=O)c1. The Hall–Kier alpha value is -2.15. The third-order valence-electron chi connectivity index (χ3n) is 6.70. The van der Waals surface area contributed by atoms with E-state index in [-0.39, 0.29) is 24.2 Å². The van der Waals surface area contributed by atoms with Crippen LogP contribution in [0.1, 0.15) is 37.7 Å². The molecule has 1 aromatic rings. The Morgan fingerprint density at radius 3 is 2.69 bits per heavy atom. The largest absolute Gasteiger partial charge is 0.497 e. The Labute approximate surface area is 171 Å². The summed E-state index contributed by atoms with van der Waals surface area (Å²) in [4.78, 5) is 31.9. The maximum atomic E-state index is 14.3. The summed E-state index contributed by atoms with van der Waals surface area (Å²) in [5.41, 5.74) is -0.0384. The number of halogens is 1. The number of piperidine rings is 1. The van der Waals surface area contributed by atoms with Gasteiger partial charge in [-0.05, 0) is 63.4 Å². The molecule has 29 heavy (non-hydrogen) atoms. The maximum absolute atomic E-state index is 14.3. The normalized spacial score (nSPS) is 25.2. The first-order valence-electron chi connectivity index (χ1n) is 10.6. The molecule has 0 aromatic heterocycles. The van der Waals surface area contributed by atoms with Crippen LogP contribution < -0.4 is 4.74 Å². The van der Waals surface area contributed by atoms with Gasteiger partial charge in [-0.15, -0.1) is 0 Å². The van der Waals surface area contributed by atoms with Crippen LogP contribution in [-0.4, -0.2) is 72.9 Å². The van der Waals surface area contributed by atoms with Crippen LogP contribution in [-0.2, 0) is 16.1 Å². The number of carbonyl (C=O) groups is 2. The van der Waals surface area contributed by atoms with Crippen LogP contribution in [0.15, 0.2) is 18.2 Å². The molecule has 0 radical (unpaired) electrons. The molecule has 0 N–H and O–H groups in total. The van der Waals surface area contributed by atoms with Crippen LogP contribution in [0, 0.1) is 11.2 Å². The number of hydrogen-bond donors (Lipinski definition) is 0. The number of hydrogen-bond acceptors (Lipinski definition) is 4. The lowest BCUT2D eigenvalue weighted by atomic mass is 9.78. The summed E-state index contributed by atoms with van der Waals surface area (Å²) in [6.07, 6.45) is 4.70. The first-order chi connectivity index (χ1) is 14.0. The van der Waals surface area contributed by atoms with Crippen molar-refractivity contribution in [1.29, 1.82) is 0 Å². The molecule has 0 bridgehead atoms. The minimum atomic E-state index is -0.506. The summed E-state index contributed by atoms with van der Waals surface area (Å²) in [5, 5.41) is 0. The molecule has 3 saturated heterocycles. The number of likely N-dealkylation sites (tertiary alicyclic amines) is 3. The summed E-state index contributed by atoms with van der Waals surface area (Å²) in [5.74, 6) is 0.446.